The molecule has 0 amide bonds. The predicted octanol–water partition coefficient (Wildman–Crippen LogP) is -27.8. The van der Waals surface area contributed by atoms with Gasteiger partial charge in [-0.25, -0.2) is 0 Å². The molecule has 12 nitrogen and oxygen atoms in total. The second-order valence-corrected chi connectivity index (χ2v) is 10.1. The normalized spacial score (nSPS) is 8.43. The Morgan fingerprint density at radius 1 is 0.321 bits per heavy atom. The van der Waals surface area contributed by atoms with Crippen LogP contribution in [0, 0.1) is 0 Å². The molecule has 0 radical (unpaired) electrons. The largest absolute Gasteiger partial charge is 1.00 e. The Bertz CT molecular complexity index is 316. The summed E-state index contributed by atoms with van der Waals surface area (Å²) in [6.07, 6.45) is 0. The van der Waals surface area contributed by atoms with Gasteiger partial charge in [-0.05, 0) is 0 Å². The van der Waals surface area contributed by atoms with Crippen molar-refractivity contribution in [1.82, 2.24) is 0 Å². The van der Waals surface area contributed by atoms with E-state index < -0.39 is 27.8 Å². The summed E-state index contributed by atoms with van der Waals surface area (Å²) in [7, 11) is 0. The van der Waals surface area contributed by atoms with E-state index in [9.17, 15) is 0 Å². The van der Waals surface area contributed by atoms with E-state index in [2.05, 4.69) is 45.0 Å². The van der Waals surface area contributed by atoms with Crippen molar-refractivity contribution < 1.29 is 468 Å². The standard InChI is InChI=1S/4ClH2O3P.8K/c4*1-5(2,3)4;;;;;;;;/h4*(H2,2,3,4);;;;;;;;/q;;;;8*+1/p-8. The average Bonchev–Trinajstić information content (AvgIpc) is 1.62. The van der Waals surface area contributed by atoms with Crippen LogP contribution >= 0.6 is 72.8 Å². The zero-order chi connectivity index (χ0) is 18.0. The molecule has 0 heterocycles. The van der Waals surface area contributed by atoms with Gasteiger partial charge >= 0.3 is 411 Å². The van der Waals surface area contributed by atoms with E-state index in [4.69, 9.17) is 57.4 Å². The molecular weight excluding hydrogens is 770 g/mol. The monoisotopic (exact) mass is 767 g/mol. The molecule has 0 atom stereocenters. The molecule has 0 rings (SSSR count). The molecule has 0 aliphatic rings. The van der Waals surface area contributed by atoms with E-state index in [0.717, 1.165) is 0 Å². The average molecular weight is 770 g/mol. The van der Waals surface area contributed by atoms with Gasteiger partial charge in [0.05, 0.1) is 0 Å². The number of hydrogen-bond donors (Lipinski definition) is 0. The van der Waals surface area contributed by atoms with Crippen molar-refractivity contribution in [3.05, 3.63) is 0 Å². The van der Waals surface area contributed by atoms with Gasteiger partial charge in [0.15, 0.2) is 0 Å². The third-order valence-electron chi connectivity index (χ3n) is 0. The van der Waals surface area contributed by atoms with Crippen molar-refractivity contribution in [2.45, 2.75) is 0 Å². The second-order valence-electron chi connectivity index (χ2n) is 1.72. The fourth-order valence-electron chi connectivity index (χ4n) is 0. The van der Waals surface area contributed by atoms with Crippen molar-refractivity contribution in [3.63, 3.8) is 0 Å². The first-order chi connectivity index (χ1) is 8.00. The van der Waals surface area contributed by atoms with Crippen molar-refractivity contribution in [2.75, 3.05) is 0 Å². The van der Waals surface area contributed by atoms with Crippen LogP contribution in [-0.2, 0) is 18.3 Å². The Morgan fingerprint density at radius 2 is 0.321 bits per heavy atom. The maximum absolute atomic E-state index is 8.87. The molecule has 0 bridgehead atoms. The van der Waals surface area contributed by atoms with E-state index in [1.165, 1.54) is 0 Å². The van der Waals surface area contributed by atoms with Crippen LogP contribution in [0.15, 0.2) is 0 Å². The first-order valence-electron chi connectivity index (χ1n) is 2.87. The van der Waals surface area contributed by atoms with Crippen LogP contribution in [0.3, 0.4) is 0 Å². The van der Waals surface area contributed by atoms with Gasteiger partial charge in [-0.1, -0.05) is 45.0 Å². The summed E-state index contributed by atoms with van der Waals surface area (Å²) in [5.74, 6) is 0. The number of hydrogen-bond acceptors (Lipinski definition) is 12. The van der Waals surface area contributed by atoms with Gasteiger partial charge in [0.25, 0.3) is 0 Å². The number of halogens is 4. The van der Waals surface area contributed by atoms with Crippen molar-refractivity contribution >= 4 is 72.8 Å². The Balaban J connectivity index is -0.0000000111. The molecule has 0 aliphatic carbocycles. The van der Waals surface area contributed by atoms with Crippen LogP contribution < -0.4 is 450 Å². The summed E-state index contributed by atoms with van der Waals surface area (Å²) in [5.41, 5.74) is 0. The predicted molar refractivity (Wildman–Crippen MR) is 53.8 cm³/mol. The topological polar surface area (TPSA) is 253 Å². The Kier molecular flexibility index (Phi) is 130. The van der Waals surface area contributed by atoms with Crippen molar-refractivity contribution in [3.8, 4) is 0 Å². The first kappa shape index (κ1) is 78.9. The molecule has 0 spiro atoms. The molecule has 0 N–H and O–H groups in total. The molecule has 0 unspecified atom stereocenters. The molecule has 28 heteroatoms. The summed E-state index contributed by atoms with van der Waals surface area (Å²) in [6.45, 7) is -18.7. The zero-order valence-corrected chi connectivity index (χ0v) is 47.8. The molecule has 0 aromatic rings. The molecule has 0 aliphatic heterocycles. The molecule has 0 saturated heterocycles. The minimum atomic E-state index is -4.67. The summed E-state index contributed by atoms with van der Waals surface area (Å²) in [6, 6.07) is 0. The molecular formula is Cl4K8O12P4. The summed E-state index contributed by atoms with van der Waals surface area (Å²) < 4.78 is 35.5. The summed E-state index contributed by atoms with van der Waals surface area (Å²) in [4.78, 5) is 71.0. The molecule has 28 heavy (non-hydrogen) atoms. The van der Waals surface area contributed by atoms with Crippen molar-refractivity contribution in [2.24, 2.45) is 0 Å². The van der Waals surface area contributed by atoms with Gasteiger partial charge in [0, 0.05) is 27.8 Å². The van der Waals surface area contributed by atoms with Gasteiger partial charge < -0.3 is 57.4 Å². The van der Waals surface area contributed by atoms with E-state index in [0.29, 0.717) is 0 Å². The second kappa shape index (κ2) is 46.3. The van der Waals surface area contributed by atoms with Gasteiger partial charge in [-0.15, -0.1) is 0 Å². The first-order valence-corrected chi connectivity index (χ1v) is 12.7. The SMILES string of the molecule is O=P([O-])([O-])Cl.O=P([O-])([O-])Cl.O=P([O-])([O-])Cl.O=P([O-])([O-])Cl.[K+].[K+].[K+].[K+].[K+].[K+].[K+].[K+]. The van der Waals surface area contributed by atoms with E-state index >= 15 is 0 Å². The van der Waals surface area contributed by atoms with Crippen LogP contribution in [0.25, 0.3) is 0 Å². The Hall–Kier alpha value is 14.9. The smallest absolute Gasteiger partial charge is 0.799 e. The molecule has 0 fully saturated rings. The minimum absolute atomic E-state index is 0. The van der Waals surface area contributed by atoms with Gasteiger partial charge in [-0.2, -0.15) is 0 Å². The Labute approximate surface area is 521 Å². The maximum Gasteiger partial charge on any atom is 1.00 e. The van der Waals surface area contributed by atoms with Gasteiger partial charge in [0.1, 0.15) is 0 Å². The van der Waals surface area contributed by atoms with Crippen molar-refractivity contribution in [1.29, 1.82) is 0 Å². The minimum Gasteiger partial charge on any atom is -0.799 e. The van der Waals surface area contributed by atoms with Gasteiger partial charge in [-0.3, -0.25) is 0 Å². The van der Waals surface area contributed by atoms with E-state index in [1.807, 2.05) is 0 Å². The molecule has 0 saturated carbocycles. The van der Waals surface area contributed by atoms with Gasteiger partial charge in [0.2, 0.25) is 0 Å². The third-order valence-corrected chi connectivity index (χ3v) is 0. The van der Waals surface area contributed by atoms with Crippen LogP contribution in [0.1, 0.15) is 0 Å². The Morgan fingerprint density at radius 3 is 0.321 bits per heavy atom. The zero-order valence-electron chi connectivity index (χ0n) is 16.2. The number of rotatable bonds is 0. The van der Waals surface area contributed by atoms with Crippen LogP contribution in [0.4, 0.5) is 0 Å². The van der Waals surface area contributed by atoms with E-state index in [1.54, 1.807) is 0 Å². The fraction of sp³-hybridized carbons (Fsp3) is 0. The molecule has 0 aromatic carbocycles. The quantitative estimate of drug-likeness (QED) is 0.165. The summed E-state index contributed by atoms with van der Waals surface area (Å²) >= 11 is 15.9. The molecule has 0 aromatic heterocycles. The maximum atomic E-state index is 8.87. The van der Waals surface area contributed by atoms with Crippen LogP contribution in [-0.4, -0.2) is 0 Å². The third kappa shape index (κ3) is 294. The van der Waals surface area contributed by atoms with Crippen LogP contribution in [0.2, 0.25) is 0 Å². The van der Waals surface area contributed by atoms with E-state index in [-0.39, 0.29) is 411 Å². The van der Waals surface area contributed by atoms with Crippen LogP contribution in [0.5, 0.6) is 0 Å². The summed E-state index contributed by atoms with van der Waals surface area (Å²) in [5, 5.41) is 0. The fourth-order valence-corrected chi connectivity index (χ4v) is 0. The molecule has 128 valence electrons.